The molecule has 0 saturated carbocycles. The van der Waals surface area contributed by atoms with Crippen LogP contribution in [0.3, 0.4) is 0 Å². The number of rotatable bonds is 6. The highest BCUT2D eigenvalue weighted by atomic mass is 19.1. The molecule has 2 amide bonds. The van der Waals surface area contributed by atoms with E-state index in [1.165, 1.54) is 24.5 Å². The fourth-order valence-corrected chi connectivity index (χ4v) is 2.71. The number of anilines is 6. The van der Waals surface area contributed by atoms with Gasteiger partial charge in [0.05, 0.1) is 0 Å². The fraction of sp³-hybridized carbons (Fsp3) is 0. The summed E-state index contributed by atoms with van der Waals surface area (Å²) in [6, 6.07) is 19.6. The van der Waals surface area contributed by atoms with Crippen molar-refractivity contribution in [1.82, 2.24) is 15.0 Å². The number of carbonyl (C=O) groups is 1. The highest BCUT2D eigenvalue weighted by molar-refractivity contribution is 5.99. The van der Waals surface area contributed by atoms with Crippen molar-refractivity contribution < 1.29 is 9.18 Å². The Morgan fingerprint density at radius 1 is 0.677 bits per heavy atom. The van der Waals surface area contributed by atoms with E-state index in [1.54, 1.807) is 42.6 Å². The molecule has 2 aromatic heterocycles. The van der Waals surface area contributed by atoms with E-state index in [0.717, 1.165) is 5.69 Å². The van der Waals surface area contributed by atoms with E-state index in [4.69, 9.17) is 0 Å². The zero-order valence-corrected chi connectivity index (χ0v) is 16.2. The molecule has 0 spiro atoms. The van der Waals surface area contributed by atoms with Gasteiger partial charge in [-0.2, -0.15) is 0 Å². The van der Waals surface area contributed by atoms with E-state index in [1.807, 2.05) is 18.2 Å². The fourth-order valence-electron chi connectivity index (χ4n) is 2.71. The molecule has 0 bridgehead atoms. The summed E-state index contributed by atoms with van der Waals surface area (Å²) in [5, 5.41) is 11.6. The zero-order chi connectivity index (χ0) is 21.5. The largest absolute Gasteiger partial charge is 0.340 e. The number of pyridine rings is 1. The van der Waals surface area contributed by atoms with Crippen LogP contribution < -0.4 is 21.3 Å². The van der Waals surface area contributed by atoms with Crippen molar-refractivity contribution in [2.75, 3.05) is 21.3 Å². The molecule has 2 heterocycles. The number of hydrogen-bond acceptors (Lipinski definition) is 6. The maximum absolute atomic E-state index is 13.2. The first-order valence-corrected chi connectivity index (χ1v) is 9.35. The number of urea groups is 1. The van der Waals surface area contributed by atoms with E-state index in [9.17, 15) is 9.18 Å². The summed E-state index contributed by atoms with van der Waals surface area (Å²) in [6.45, 7) is 0. The zero-order valence-electron chi connectivity index (χ0n) is 16.2. The molecule has 0 radical (unpaired) electrons. The lowest BCUT2D eigenvalue weighted by atomic mass is 10.2. The van der Waals surface area contributed by atoms with Crippen LogP contribution in [0.25, 0.3) is 0 Å². The Bertz CT molecular complexity index is 1170. The standard InChI is InChI=1S/C22H18FN7O/c23-15-4-3-5-18(12-15)29-22(31)28-17-9-7-16(8-10-17)27-20-13-21(26-14-25-20)30-19-6-1-2-11-24-19/h1-14H,(H2,28,29,31)(H2,24,25,26,27,30). The first-order valence-electron chi connectivity index (χ1n) is 9.35. The van der Waals surface area contributed by atoms with Crippen LogP contribution in [0, 0.1) is 5.82 Å². The van der Waals surface area contributed by atoms with Crippen LogP contribution in [0.2, 0.25) is 0 Å². The third-order valence-corrected chi connectivity index (χ3v) is 4.09. The number of hydrogen-bond donors (Lipinski definition) is 4. The van der Waals surface area contributed by atoms with Gasteiger partial charge in [-0.3, -0.25) is 0 Å². The smallest absolute Gasteiger partial charge is 0.323 e. The van der Waals surface area contributed by atoms with Crippen LogP contribution >= 0.6 is 0 Å². The molecule has 0 atom stereocenters. The molecule has 0 aliphatic carbocycles. The highest BCUT2D eigenvalue weighted by Gasteiger charge is 2.05. The molecule has 31 heavy (non-hydrogen) atoms. The van der Waals surface area contributed by atoms with Crippen molar-refractivity contribution in [3.05, 3.63) is 91.1 Å². The molecule has 0 saturated heterocycles. The molecule has 0 unspecified atom stereocenters. The van der Waals surface area contributed by atoms with Crippen molar-refractivity contribution in [3.8, 4) is 0 Å². The minimum Gasteiger partial charge on any atom is -0.340 e. The van der Waals surface area contributed by atoms with Crippen molar-refractivity contribution in [2.45, 2.75) is 0 Å². The van der Waals surface area contributed by atoms with Gasteiger partial charge in [-0.1, -0.05) is 12.1 Å². The van der Waals surface area contributed by atoms with Gasteiger partial charge in [-0.15, -0.1) is 0 Å². The van der Waals surface area contributed by atoms with Crippen LogP contribution in [0.5, 0.6) is 0 Å². The molecule has 8 nitrogen and oxygen atoms in total. The normalized spacial score (nSPS) is 10.2. The lowest BCUT2D eigenvalue weighted by Gasteiger charge is -2.10. The topological polar surface area (TPSA) is 104 Å². The van der Waals surface area contributed by atoms with Gasteiger partial charge in [-0.25, -0.2) is 24.1 Å². The minimum absolute atomic E-state index is 0.370. The molecule has 4 aromatic rings. The first-order chi connectivity index (χ1) is 15.1. The maximum atomic E-state index is 13.2. The summed E-state index contributed by atoms with van der Waals surface area (Å²) >= 11 is 0. The Labute approximate surface area is 177 Å². The third-order valence-electron chi connectivity index (χ3n) is 4.09. The molecule has 4 rings (SSSR count). The Hall–Kier alpha value is -4.53. The number of nitrogens with zero attached hydrogens (tertiary/aromatic N) is 3. The van der Waals surface area contributed by atoms with Gasteiger partial charge < -0.3 is 21.3 Å². The van der Waals surface area contributed by atoms with E-state index >= 15 is 0 Å². The van der Waals surface area contributed by atoms with Crippen LogP contribution in [0.1, 0.15) is 0 Å². The van der Waals surface area contributed by atoms with Crippen LogP contribution in [0.15, 0.2) is 85.3 Å². The summed E-state index contributed by atoms with van der Waals surface area (Å²) < 4.78 is 13.2. The molecule has 154 valence electrons. The Morgan fingerprint density at radius 2 is 1.42 bits per heavy atom. The average molecular weight is 415 g/mol. The summed E-state index contributed by atoms with van der Waals surface area (Å²) in [5.41, 5.74) is 1.73. The minimum atomic E-state index is -0.465. The van der Waals surface area contributed by atoms with Crippen LogP contribution in [-0.2, 0) is 0 Å². The summed E-state index contributed by atoms with van der Waals surface area (Å²) in [7, 11) is 0. The molecule has 0 aliphatic rings. The summed E-state index contributed by atoms with van der Waals surface area (Å²) in [6.07, 6.45) is 3.14. The van der Waals surface area contributed by atoms with Gasteiger partial charge in [0, 0.05) is 29.3 Å². The second kappa shape index (κ2) is 9.31. The van der Waals surface area contributed by atoms with Gasteiger partial charge in [0.25, 0.3) is 0 Å². The monoisotopic (exact) mass is 415 g/mol. The molecule has 0 aliphatic heterocycles. The summed E-state index contributed by atoms with van der Waals surface area (Å²) in [5.74, 6) is 1.46. The molecule has 2 aromatic carbocycles. The average Bonchev–Trinajstić information content (AvgIpc) is 2.76. The highest BCUT2D eigenvalue weighted by Crippen LogP contribution is 2.20. The number of halogens is 1. The lowest BCUT2D eigenvalue weighted by molar-refractivity contribution is 0.262. The van der Waals surface area contributed by atoms with Gasteiger partial charge in [0.2, 0.25) is 0 Å². The second-order valence-electron chi connectivity index (χ2n) is 6.42. The van der Waals surface area contributed by atoms with Gasteiger partial charge >= 0.3 is 6.03 Å². The van der Waals surface area contributed by atoms with Crippen molar-refractivity contribution in [2.24, 2.45) is 0 Å². The van der Waals surface area contributed by atoms with E-state index in [0.29, 0.717) is 28.8 Å². The van der Waals surface area contributed by atoms with Crippen molar-refractivity contribution in [1.29, 1.82) is 0 Å². The molecule has 0 fully saturated rings. The van der Waals surface area contributed by atoms with Crippen LogP contribution in [-0.4, -0.2) is 21.0 Å². The van der Waals surface area contributed by atoms with Crippen LogP contribution in [0.4, 0.5) is 43.7 Å². The number of aromatic nitrogens is 3. The molecular weight excluding hydrogens is 397 g/mol. The van der Waals surface area contributed by atoms with E-state index in [2.05, 4.69) is 36.2 Å². The van der Waals surface area contributed by atoms with Crippen molar-refractivity contribution >= 4 is 40.5 Å². The third kappa shape index (κ3) is 5.73. The number of carbonyl (C=O) groups excluding carboxylic acids is 1. The first kappa shape index (κ1) is 19.8. The Balaban J connectivity index is 1.35. The molecule has 9 heteroatoms. The Kier molecular flexibility index (Phi) is 5.94. The lowest BCUT2D eigenvalue weighted by Crippen LogP contribution is -2.19. The summed E-state index contributed by atoms with van der Waals surface area (Å²) in [4.78, 5) is 24.7. The Morgan fingerprint density at radius 3 is 2.16 bits per heavy atom. The molecular formula is C22H18FN7O. The molecule has 4 N–H and O–H groups in total. The maximum Gasteiger partial charge on any atom is 0.323 e. The quantitative estimate of drug-likeness (QED) is 0.348. The van der Waals surface area contributed by atoms with Gasteiger partial charge in [0.1, 0.15) is 29.6 Å². The predicted molar refractivity (Wildman–Crippen MR) is 118 cm³/mol. The number of benzene rings is 2. The van der Waals surface area contributed by atoms with Gasteiger partial charge in [-0.05, 0) is 54.6 Å². The SMILES string of the molecule is O=C(Nc1ccc(Nc2cc(Nc3ccccn3)ncn2)cc1)Nc1cccc(F)c1. The van der Waals surface area contributed by atoms with Crippen molar-refractivity contribution in [3.63, 3.8) is 0 Å². The van der Waals surface area contributed by atoms with E-state index < -0.39 is 11.8 Å². The predicted octanol–water partition coefficient (Wildman–Crippen LogP) is 5.14. The van der Waals surface area contributed by atoms with E-state index in [-0.39, 0.29) is 0 Å². The number of nitrogens with one attached hydrogen (secondary N) is 4. The number of amides is 2. The van der Waals surface area contributed by atoms with Gasteiger partial charge in [0.15, 0.2) is 0 Å². The second-order valence-corrected chi connectivity index (χ2v) is 6.42.